The van der Waals surface area contributed by atoms with Crippen LogP contribution in [0.25, 0.3) is 5.69 Å². The zero-order valence-corrected chi connectivity index (χ0v) is 12.7. The van der Waals surface area contributed by atoms with E-state index < -0.39 is 0 Å². The maximum Gasteiger partial charge on any atom is 0.225 e. The summed E-state index contributed by atoms with van der Waals surface area (Å²) in [4.78, 5) is 1.36. The molecule has 6 heteroatoms. The number of aromatic nitrogens is 4. The van der Waals surface area contributed by atoms with E-state index in [0.29, 0.717) is 11.4 Å². The van der Waals surface area contributed by atoms with Crippen LogP contribution in [0, 0.1) is 4.77 Å². The Bertz CT molecular complexity index is 629. The van der Waals surface area contributed by atoms with Gasteiger partial charge in [0.15, 0.2) is 6.67 Å². The van der Waals surface area contributed by atoms with Gasteiger partial charge in [-0.25, -0.2) is 0 Å². The fourth-order valence-electron chi connectivity index (χ4n) is 2.04. The molecule has 1 aromatic heterocycles. The van der Waals surface area contributed by atoms with Gasteiger partial charge in [0, 0.05) is 0 Å². The second-order valence-electron chi connectivity index (χ2n) is 4.90. The van der Waals surface area contributed by atoms with Gasteiger partial charge in [0.25, 0.3) is 0 Å². The lowest BCUT2D eigenvalue weighted by molar-refractivity contribution is -0.917. The van der Waals surface area contributed by atoms with Crippen LogP contribution in [0.15, 0.2) is 42.5 Å². The van der Waals surface area contributed by atoms with Gasteiger partial charge in [0.1, 0.15) is 0 Å². The first kappa shape index (κ1) is 14.6. The van der Waals surface area contributed by atoms with Crippen LogP contribution in [0.2, 0.25) is 0 Å². The minimum absolute atomic E-state index is 0.615. The third-order valence-corrected chi connectivity index (χ3v) is 3.45. The largest absolute Gasteiger partial charge is 0.313 e. The molecule has 0 aliphatic carbocycles. The van der Waals surface area contributed by atoms with Gasteiger partial charge in [0.05, 0.1) is 18.8 Å². The fourth-order valence-corrected chi connectivity index (χ4v) is 2.28. The van der Waals surface area contributed by atoms with Crippen molar-refractivity contribution in [3.8, 4) is 5.69 Å². The van der Waals surface area contributed by atoms with E-state index in [1.165, 1.54) is 4.90 Å². The van der Waals surface area contributed by atoms with Crippen LogP contribution in [-0.2, 0) is 6.67 Å². The summed E-state index contributed by atoms with van der Waals surface area (Å²) in [5.74, 6) is 0. The molecule has 106 valence electrons. The number of benzene rings is 1. The summed E-state index contributed by atoms with van der Waals surface area (Å²) in [6, 6.07) is 9.81. The summed E-state index contributed by atoms with van der Waals surface area (Å²) in [6.07, 6.45) is 0. The molecule has 20 heavy (non-hydrogen) atoms. The Hall–Kier alpha value is -1.79. The first-order valence-electron chi connectivity index (χ1n) is 6.68. The number of hydrogen-bond donors (Lipinski definition) is 1. The van der Waals surface area contributed by atoms with Gasteiger partial charge in [-0.15, -0.1) is 0 Å². The zero-order valence-electron chi connectivity index (χ0n) is 11.9. The van der Waals surface area contributed by atoms with Gasteiger partial charge in [-0.3, -0.25) is 0 Å². The lowest BCUT2D eigenvalue weighted by atomic mass is 10.3. The maximum atomic E-state index is 5.45. The molecule has 0 saturated heterocycles. The molecule has 0 amide bonds. The van der Waals surface area contributed by atoms with E-state index in [4.69, 9.17) is 12.2 Å². The van der Waals surface area contributed by atoms with Crippen molar-refractivity contribution < 1.29 is 4.90 Å². The van der Waals surface area contributed by atoms with E-state index >= 15 is 0 Å². The first-order valence-corrected chi connectivity index (χ1v) is 7.08. The van der Waals surface area contributed by atoms with Crippen molar-refractivity contribution in [3.05, 3.63) is 47.3 Å². The van der Waals surface area contributed by atoms with E-state index in [9.17, 15) is 0 Å². The van der Waals surface area contributed by atoms with Crippen LogP contribution in [0.5, 0.6) is 0 Å². The van der Waals surface area contributed by atoms with Crippen LogP contribution in [0.4, 0.5) is 0 Å². The summed E-state index contributed by atoms with van der Waals surface area (Å²) < 4.78 is 4.07. The molecule has 1 heterocycles. The lowest BCUT2D eigenvalue weighted by Crippen LogP contribution is -3.11. The molecule has 1 aromatic carbocycles. The predicted molar refractivity (Wildman–Crippen MR) is 81.4 cm³/mol. The quantitative estimate of drug-likeness (QED) is 0.643. The highest BCUT2D eigenvalue weighted by Crippen LogP contribution is 2.04. The monoisotopic (exact) mass is 290 g/mol. The molecule has 0 saturated carbocycles. The Morgan fingerprint density at radius 2 is 2.00 bits per heavy atom. The van der Waals surface area contributed by atoms with Gasteiger partial charge in [-0.2, -0.15) is 9.36 Å². The molecule has 0 aliphatic rings. The summed E-state index contributed by atoms with van der Waals surface area (Å²) in [6.45, 7) is 10.8. The van der Waals surface area contributed by atoms with Crippen LogP contribution in [-0.4, -0.2) is 32.9 Å². The second kappa shape index (κ2) is 6.58. The van der Waals surface area contributed by atoms with Crippen molar-refractivity contribution in [2.24, 2.45) is 0 Å². The van der Waals surface area contributed by atoms with E-state index in [1.54, 1.807) is 9.36 Å². The van der Waals surface area contributed by atoms with Crippen molar-refractivity contribution in [3.63, 3.8) is 0 Å². The number of nitrogens with zero attached hydrogens (tertiary/aromatic N) is 4. The Labute approximate surface area is 124 Å². The Morgan fingerprint density at radius 3 is 2.60 bits per heavy atom. The van der Waals surface area contributed by atoms with E-state index in [-0.39, 0.29) is 0 Å². The van der Waals surface area contributed by atoms with Crippen molar-refractivity contribution in [1.29, 1.82) is 0 Å². The molecular weight excluding hydrogens is 270 g/mol. The summed E-state index contributed by atoms with van der Waals surface area (Å²) in [7, 11) is 0. The Kier molecular flexibility index (Phi) is 4.81. The van der Waals surface area contributed by atoms with E-state index in [1.807, 2.05) is 37.3 Å². The molecule has 0 spiro atoms. The van der Waals surface area contributed by atoms with E-state index in [0.717, 1.165) is 24.4 Å². The van der Waals surface area contributed by atoms with Crippen LogP contribution < -0.4 is 4.90 Å². The number of tetrazole rings is 1. The number of rotatable bonds is 6. The van der Waals surface area contributed by atoms with Gasteiger partial charge in [-0.1, -0.05) is 24.8 Å². The average Bonchev–Trinajstić information content (AvgIpc) is 2.80. The molecule has 2 rings (SSSR count). The zero-order chi connectivity index (χ0) is 14.5. The van der Waals surface area contributed by atoms with Crippen molar-refractivity contribution in [2.45, 2.75) is 20.5 Å². The highest BCUT2D eigenvalue weighted by atomic mass is 32.1. The molecule has 0 radical (unpaired) electrons. The first-order chi connectivity index (χ1) is 9.61. The van der Waals surface area contributed by atoms with Crippen LogP contribution in [0.1, 0.15) is 13.8 Å². The summed E-state index contributed by atoms with van der Waals surface area (Å²) in [5, 5.41) is 8.30. The highest BCUT2D eigenvalue weighted by Gasteiger charge is 2.11. The van der Waals surface area contributed by atoms with E-state index in [2.05, 4.69) is 23.9 Å². The van der Waals surface area contributed by atoms with Crippen LogP contribution >= 0.6 is 12.2 Å². The molecule has 1 atom stereocenters. The number of hydrogen-bond acceptors (Lipinski definition) is 3. The maximum absolute atomic E-state index is 5.45. The lowest BCUT2D eigenvalue weighted by Gasteiger charge is -2.16. The third-order valence-electron chi connectivity index (χ3n) is 3.07. The number of nitrogens with one attached hydrogen (secondary N) is 1. The number of likely N-dealkylation sites (N-methyl/N-ethyl adjacent to an activating group) is 1. The molecule has 1 N–H and O–H groups in total. The topological polar surface area (TPSA) is 40.1 Å². The molecule has 0 bridgehead atoms. The minimum atomic E-state index is 0.615. The van der Waals surface area contributed by atoms with Crippen molar-refractivity contribution in [1.82, 2.24) is 19.8 Å². The van der Waals surface area contributed by atoms with Gasteiger partial charge >= 0.3 is 0 Å². The highest BCUT2D eigenvalue weighted by molar-refractivity contribution is 7.71. The minimum Gasteiger partial charge on any atom is -0.313 e. The Balaban J connectivity index is 2.21. The Morgan fingerprint density at radius 1 is 1.30 bits per heavy atom. The predicted octanol–water partition coefficient (Wildman–Crippen LogP) is 1.24. The standard InChI is InChI=1S/C14H19N5S/c1-4-17(10-12(2)3)11-18-14(20)19(16-15-18)13-8-6-5-7-9-13/h5-9H,2,4,10-11H2,1,3H3/p+1. The van der Waals surface area contributed by atoms with Crippen molar-refractivity contribution >= 4 is 12.2 Å². The molecule has 1 unspecified atom stereocenters. The van der Waals surface area contributed by atoms with Gasteiger partial charge in [-0.05, 0) is 54.2 Å². The number of para-hydroxylation sites is 1. The summed E-state index contributed by atoms with van der Waals surface area (Å²) >= 11 is 5.45. The molecular formula is C14H20N5S+. The van der Waals surface area contributed by atoms with Crippen molar-refractivity contribution in [2.75, 3.05) is 13.1 Å². The van der Waals surface area contributed by atoms with Gasteiger partial charge < -0.3 is 4.90 Å². The molecule has 0 fully saturated rings. The second-order valence-corrected chi connectivity index (χ2v) is 5.27. The van der Waals surface area contributed by atoms with Crippen LogP contribution in [0.3, 0.4) is 0 Å². The average molecular weight is 290 g/mol. The normalized spacial score (nSPS) is 12.3. The molecule has 5 nitrogen and oxygen atoms in total. The SMILES string of the molecule is C=C(C)C[NH+](CC)Cn1nnn(-c2ccccc2)c1=S. The van der Waals surface area contributed by atoms with Gasteiger partial charge in [0.2, 0.25) is 4.77 Å². The summed E-state index contributed by atoms with van der Waals surface area (Å²) in [5.41, 5.74) is 2.09. The fraction of sp³-hybridized carbons (Fsp3) is 0.357. The third kappa shape index (κ3) is 3.40. The smallest absolute Gasteiger partial charge is 0.225 e. The molecule has 0 aliphatic heterocycles. The molecule has 2 aromatic rings. The number of quaternary nitrogens is 1.